The van der Waals surface area contributed by atoms with Gasteiger partial charge in [0.1, 0.15) is 0 Å². The van der Waals surface area contributed by atoms with Gasteiger partial charge in [-0.1, -0.05) is 28.1 Å². The molecule has 2 heterocycles. The van der Waals surface area contributed by atoms with E-state index in [0.717, 1.165) is 45.8 Å². The summed E-state index contributed by atoms with van der Waals surface area (Å²) in [7, 11) is 1.97. The third-order valence-corrected chi connectivity index (χ3v) is 5.66. The van der Waals surface area contributed by atoms with Crippen LogP contribution in [0.2, 0.25) is 0 Å². The summed E-state index contributed by atoms with van der Waals surface area (Å²) in [6.45, 7) is 2.72. The molecule has 5 heteroatoms. The van der Waals surface area contributed by atoms with Gasteiger partial charge in [0.05, 0.1) is 4.88 Å². The molecule has 1 aliphatic rings. The highest BCUT2D eigenvalue weighted by Crippen LogP contribution is 2.30. The lowest BCUT2D eigenvalue weighted by molar-refractivity contribution is 0.0792. The lowest BCUT2D eigenvalue weighted by atomic mass is 10.1. The van der Waals surface area contributed by atoms with Crippen molar-refractivity contribution in [3.63, 3.8) is 0 Å². The maximum Gasteiger partial charge on any atom is 0.263 e. The predicted octanol–water partition coefficient (Wildman–Crippen LogP) is 3.86. The number of benzene rings is 1. The van der Waals surface area contributed by atoms with Crippen molar-refractivity contribution >= 4 is 33.2 Å². The SMILES string of the molecule is CNCC1CCN(C(=O)c2ccc(-c3ccc(Br)cc3)s2)C1. The number of nitrogens with one attached hydrogen (secondary N) is 1. The van der Waals surface area contributed by atoms with Crippen LogP contribution in [0.4, 0.5) is 0 Å². The zero-order chi connectivity index (χ0) is 15.5. The van der Waals surface area contributed by atoms with E-state index in [1.54, 1.807) is 11.3 Å². The summed E-state index contributed by atoms with van der Waals surface area (Å²) in [6, 6.07) is 12.2. The van der Waals surface area contributed by atoms with Crippen molar-refractivity contribution in [2.45, 2.75) is 6.42 Å². The first-order chi connectivity index (χ1) is 10.7. The van der Waals surface area contributed by atoms with E-state index < -0.39 is 0 Å². The molecule has 3 nitrogen and oxygen atoms in total. The molecule has 1 aliphatic heterocycles. The highest BCUT2D eigenvalue weighted by molar-refractivity contribution is 9.10. The predicted molar refractivity (Wildman–Crippen MR) is 95.4 cm³/mol. The summed E-state index contributed by atoms with van der Waals surface area (Å²) < 4.78 is 1.07. The molecule has 116 valence electrons. The number of carbonyl (C=O) groups excluding carboxylic acids is 1. The summed E-state index contributed by atoms with van der Waals surface area (Å²) in [5, 5.41) is 3.20. The molecule has 1 unspecified atom stereocenters. The first-order valence-electron chi connectivity index (χ1n) is 7.47. The monoisotopic (exact) mass is 378 g/mol. The maximum absolute atomic E-state index is 12.6. The molecule has 1 N–H and O–H groups in total. The van der Waals surface area contributed by atoms with Crippen LogP contribution in [0.3, 0.4) is 0 Å². The van der Waals surface area contributed by atoms with Crippen LogP contribution in [0.25, 0.3) is 10.4 Å². The molecule has 1 amide bonds. The minimum Gasteiger partial charge on any atom is -0.338 e. The molecule has 0 radical (unpaired) electrons. The third kappa shape index (κ3) is 3.42. The zero-order valence-corrected chi connectivity index (χ0v) is 14.9. The summed E-state index contributed by atoms with van der Waals surface area (Å²) in [4.78, 5) is 16.6. The smallest absolute Gasteiger partial charge is 0.263 e. The van der Waals surface area contributed by atoms with Crippen LogP contribution >= 0.6 is 27.3 Å². The molecule has 2 aromatic rings. The molecular weight excluding hydrogens is 360 g/mol. The van der Waals surface area contributed by atoms with Crippen LogP contribution in [-0.2, 0) is 0 Å². The van der Waals surface area contributed by atoms with Crippen molar-refractivity contribution in [3.8, 4) is 10.4 Å². The molecule has 1 saturated heterocycles. The lowest BCUT2D eigenvalue weighted by Crippen LogP contribution is -2.29. The molecule has 1 atom stereocenters. The topological polar surface area (TPSA) is 32.3 Å². The van der Waals surface area contributed by atoms with Crippen molar-refractivity contribution in [1.29, 1.82) is 0 Å². The second-order valence-corrected chi connectivity index (χ2v) is 7.63. The molecule has 0 bridgehead atoms. The Kier molecular flexibility index (Phi) is 4.96. The second-order valence-electron chi connectivity index (χ2n) is 5.63. The molecule has 0 spiro atoms. The Bertz CT molecular complexity index is 653. The average Bonchev–Trinajstić information content (AvgIpc) is 3.17. The van der Waals surface area contributed by atoms with Crippen LogP contribution in [0.15, 0.2) is 40.9 Å². The number of rotatable bonds is 4. The fraction of sp³-hybridized carbons (Fsp3) is 0.353. The first kappa shape index (κ1) is 15.7. The van der Waals surface area contributed by atoms with Crippen molar-refractivity contribution in [3.05, 3.63) is 45.7 Å². The fourth-order valence-electron chi connectivity index (χ4n) is 2.85. The van der Waals surface area contributed by atoms with Gasteiger partial charge in [-0.3, -0.25) is 4.79 Å². The van der Waals surface area contributed by atoms with Gasteiger partial charge in [0.15, 0.2) is 0 Å². The van der Waals surface area contributed by atoms with Gasteiger partial charge in [-0.15, -0.1) is 11.3 Å². The van der Waals surface area contributed by atoms with Crippen LogP contribution < -0.4 is 5.32 Å². The molecule has 1 aromatic heterocycles. The number of likely N-dealkylation sites (tertiary alicyclic amines) is 1. The van der Waals surface area contributed by atoms with E-state index in [4.69, 9.17) is 0 Å². The number of thiophene rings is 1. The standard InChI is InChI=1S/C17H19BrN2OS/c1-19-10-12-8-9-20(11-12)17(21)16-7-6-15(22-16)13-2-4-14(18)5-3-13/h2-7,12,19H,8-11H2,1H3. The Hall–Kier alpha value is -1.17. The van der Waals surface area contributed by atoms with E-state index in [-0.39, 0.29) is 5.91 Å². The third-order valence-electron chi connectivity index (χ3n) is 4.01. The van der Waals surface area contributed by atoms with Crippen molar-refractivity contribution < 1.29 is 4.79 Å². The van der Waals surface area contributed by atoms with Gasteiger partial charge >= 0.3 is 0 Å². The van der Waals surface area contributed by atoms with Gasteiger partial charge < -0.3 is 10.2 Å². The highest BCUT2D eigenvalue weighted by atomic mass is 79.9. The van der Waals surface area contributed by atoms with Gasteiger partial charge in [0.2, 0.25) is 0 Å². The summed E-state index contributed by atoms with van der Waals surface area (Å²) in [5.41, 5.74) is 1.15. The molecule has 0 aliphatic carbocycles. The molecule has 1 aromatic carbocycles. The quantitative estimate of drug-likeness (QED) is 0.875. The van der Waals surface area contributed by atoms with E-state index in [1.807, 2.05) is 36.2 Å². The van der Waals surface area contributed by atoms with Crippen molar-refractivity contribution in [2.24, 2.45) is 5.92 Å². The van der Waals surface area contributed by atoms with Crippen molar-refractivity contribution in [1.82, 2.24) is 10.2 Å². The second kappa shape index (κ2) is 6.94. The largest absolute Gasteiger partial charge is 0.338 e. The Balaban J connectivity index is 1.71. The Labute approximate surface area is 143 Å². The van der Waals surface area contributed by atoms with E-state index in [9.17, 15) is 4.79 Å². The van der Waals surface area contributed by atoms with Crippen LogP contribution in [0.5, 0.6) is 0 Å². The van der Waals surface area contributed by atoms with Gasteiger partial charge in [0, 0.05) is 22.4 Å². The van der Waals surface area contributed by atoms with Crippen LogP contribution in [-0.4, -0.2) is 37.5 Å². The van der Waals surface area contributed by atoms with Crippen molar-refractivity contribution in [2.75, 3.05) is 26.7 Å². The molecule has 22 heavy (non-hydrogen) atoms. The van der Waals surface area contributed by atoms with E-state index >= 15 is 0 Å². The minimum absolute atomic E-state index is 0.173. The molecule has 1 fully saturated rings. The number of carbonyl (C=O) groups is 1. The Morgan fingerprint density at radius 1 is 1.32 bits per heavy atom. The Morgan fingerprint density at radius 2 is 2.09 bits per heavy atom. The highest BCUT2D eigenvalue weighted by Gasteiger charge is 2.27. The fourth-order valence-corrected chi connectivity index (χ4v) is 4.09. The van der Waals surface area contributed by atoms with E-state index in [2.05, 4.69) is 33.4 Å². The van der Waals surface area contributed by atoms with Crippen LogP contribution in [0.1, 0.15) is 16.1 Å². The number of hydrogen-bond donors (Lipinski definition) is 1. The Morgan fingerprint density at radius 3 is 2.82 bits per heavy atom. The number of nitrogens with zero attached hydrogens (tertiary/aromatic N) is 1. The molecule has 3 rings (SSSR count). The average molecular weight is 379 g/mol. The number of halogens is 1. The van der Waals surface area contributed by atoms with E-state index in [0.29, 0.717) is 5.92 Å². The lowest BCUT2D eigenvalue weighted by Gasteiger charge is -2.15. The summed E-state index contributed by atoms with van der Waals surface area (Å²) in [5.74, 6) is 0.756. The summed E-state index contributed by atoms with van der Waals surface area (Å²) >= 11 is 5.03. The molecular formula is C17H19BrN2OS. The van der Waals surface area contributed by atoms with Gasteiger partial charge in [0.25, 0.3) is 5.91 Å². The zero-order valence-electron chi connectivity index (χ0n) is 12.5. The maximum atomic E-state index is 12.6. The number of amides is 1. The first-order valence-corrected chi connectivity index (χ1v) is 9.08. The molecule has 0 saturated carbocycles. The van der Waals surface area contributed by atoms with Crippen LogP contribution in [0, 0.1) is 5.92 Å². The minimum atomic E-state index is 0.173. The normalized spacial score (nSPS) is 17.9. The van der Waals surface area contributed by atoms with Gasteiger partial charge in [-0.2, -0.15) is 0 Å². The summed E-state index contributed by atoms with van der Waals surface area (Å²) in [6.07, 6.45) is 1.09. The van der Waals surface area contributed by atoms with E-state index in [1.165, 1.54) is 0 Å². The van der Waals surface area contributed by atoms with Gasteiger partial charge in [-0.05, 0) is 55.8 Å². The van der Waals surface area contributed by atoms with Gasteiger partial charge in [-0.25, -0.2) is 0 Å². The number of hydrogen-bond acceptors (Lipinski definition) is 3.